The van der Waals surface area contributed by atoms with Crippen molar-refractivity contribution >= 4 is 12.1 Å². The molecule has 38 heavy (non-hydrogen) atoms. The molecule has 4 rings (SSSR count). The van der Waals surface area contributed by atoms with Crippen molar-refractivity contribution in [3.05, 3.63) is 72.3 Å². The van der Waals surface area contributed by atoms with Crippen molar-refractivity contribution in [1.29, 1.82) is 0 Å². The van der Waals surface area contributed by atoms with Gasteiger partial charge in [0, 0.05) is 0 Å². The third-order valence-corrected chi connectivity index (χ3v) is 5.59. The molecule has 1 aliphatic heterocycles. The molecular weight excluding hydrogens is 494 g/mol. The first-order valence-electron chi connectivity index (χ1n) is 12.0. The smallest absolute Gasteiger partial charge is 0.493 e. The zero-order valence-corrected chi connectivity index (χ0v) is 21.3. The van der Waals surface area contributed by atoms with Crippen molar-refractivity contribution in [2.45, 2.75) is 19.1 Å². The summed E-state index contributed by atoms with van der Waals surface area (Å²) >= 11 is 0. The third-order valence-electron chi connectivity index (χ3n) is 5.59. The van der Waals surface area contributed by atoms with Crippen LogP contribution in [0.4, 0.5) is 4.79 Å². The lowest BCUT2D eigenvalue weighted by molar-refractivity contribution is -0.134. The fourth-order valence-electron chi connectivity index (χ4n) is 3.83. The van der Waals surface area contributed by atoms with E-state index < -0.39 is 18.4 Å². The van der Waals surface area contributed by atoms with E-state index in [1.54, 1.807) is 67.6 Å². The first-order valence-corrected chi connectivity index (χ1v) is 12.0. The third kappa shape index (κ3) is 6.20. The normalized spacial score (nSPS) is 15.7. The van der Waals surface area contributed by atoms with Crippen LogP contribution in [0.15, 0.2) is 66.7 Å². The van der Waals surface area contributed by atoms with Crippen molar-refractivity contribution in [1.82, 2.24) is 5.32 Å². The number of para-hydroxylation sites is 3. The highest BCUT2D eigenvalue weighted by Crippen LogP contribution is 2.40. The van der Waals surface area contributed by atoms with Crippen LogP contribution in [0.3, 0.4) is 0 Å². The topological polar surface area (TPSA) is 111 Å². The lowest BCUT2D eigenvalue weighted by Gasteiger charge is -2.33. The predicted octanol–water partition coefficient (Wildman–Crippen LogP) is 4.32. The summed E-state index contributed by atoms with van der Waals surface area (Å²) in [5.41, 5.74) is 0.658. The summed E-state index contributed by atoms with van der Waals surface area (Å²) in [6.45, 7) is 2.25. The van der Waals surface area contributed by atoms with E-state index in [-0.39, 0.29) is 25.7 Å². The second kappa shape index (κ2) is 12.6. The number of hydrogen-bond acceptors (Lipinski definition) is 9. The molecule has 0 aromatic heterocycles. The molecular formula is C28H29NO9. The minimum absolute atomic E-state index is 0.164. The van der Waals surface area contributed by atoms with Gasteiger partial charge >= 0.3 is 6.16 Å². The number of benzene rings is 3. The number of nitrogens with one attached hydrogen (secondary N) is 1. The van der Waals surface area contributed by atoms with Gasteiger partial charge in [-0.15, -0.1) is 0 Å². The Morgan fingerprint density at radius 1 is 0.868 bits per heavy atom. The molecule has 200 valence electrons. The Morgan fingerprint density at radius 2 is 1.53 bits per heavy atom. The molecule has 3 aromatic carbocycles. The number of carbonyl (C=O) groups excluding carboxylic acids is 2. The van der Waals surface area contributed by atoms with Gasteiger partial charge in [-0.25, -0.2) is 4.79 Å². The molecule has 0 spiro atoms. The Morgan fingerprint density at radius 3 is 2.16 bits per heavy atom. The number of ether oxygens (including phenoxy) is 7. The summed E-state index contributed by atoms with van der Waals surface area (Å²) in [7, 11) is 3.08. The quantitative estimate of drug-likeness (QED) is 0.236. The maximum atomic E-state index is 13.2. The first kappa shape index (κ1) is 26.5. The molecule has 10 heteroatoms. The van der Waals surface area contributed by atoms with Crippen molar-refractivity contribution < 1.29 is 42.7 Å². The largest absolute Gasteiger partial charge is 0.513 e. The summed E-state index contributed by atoms with van der Waals surface area (Å²) < 4.78 is 38.6. The molecule has 0 bridgehead atoms. The van der Waals surface area contributed by atoms with Gasteiger partial charge in [0.1, 0.15) is 12.4 Å². The van der Waals surface area contributed by atoms with E-state index in [1.165, 1.54) is 14.2 Å². The van der Waals surface area contributed by atoms with Crippen molar-refractivity contribution in [3.8, 4) is 34.5 Å². The van der Waals surface area contributed by atoms with Crippen LogP contribution < -0.4 is 33.7 Å². The highest BCUT2D eigenvalue weighted by Gasteiger charge is 2.38. The zero-order chi connectivity index (χ0) is 26.9. The van der Waals surface area contributed by atoms with Gasteiger partial charge in [0.25, 0.3) is 5.91 Å². The molecule has 0 saturated heterocycles. The van der Waals surface area contributed by atoms with Gasteiger partial charge in [0.05, 0.1) is 27.4 Å². The lowest BCUT2D eigenvalue weighted by atomic mass is 10.0. The van der Waals surface area contributed by atoms with Crippen LogP contribution in [-0.2, 0) is 9.53 Å². The fraction of sp³-hybridized carbons (Fsp3) is 0.286. The van der Waals surface area contributed by atoms with Crippen LogP contribution in [0.25, 0.3) is 0 Å². The molecule has 0 radical (unpaired) electrons. The summed E-state index contributed by atoms with van der Waals surface area (Å²) in [5, 5.41) is 2.84. The van der Waals surface area contributed by atoms with Gasteiger partial charge in [-0.3, -0.25) is 4.79 Å². The van der Waals surface area contributed by atoms with Crippen molar-refractivity contribution in [2.75, 3.05) is 34.0 Å². The highest BCUT2D eigenvalue weighted by molar-refractivity contribution is 5.82. The number of amides is 1. The standard InChI is InChI=1S/C28H29NO9/c1-4-34-28(31)36-19-14-12-18(13-15-19)24-26(38-21-9-6-5-8-20(21)37-24)27(30)29-16-17-35-25-22(32-2)10-7-11-23(25)33-3/h5-15,24,26H,4,16-17H2,1-3H3,(H,29,30)/t24-,26-/m0/s1. The first-order chi connectivity index (χ1) is 18.5. The summed E-state index contributed by atoms with van der Waals surface area (Å²) in [6.07, 6.45) is -2.53. The molecule has 0 saturated carbocycles. The zero-order valence-electron chi connectivity index (χ0n) is 21.3. The fourth-order valence-corrected chi connectivity index (χ4v) is 3.83. The molecule has 1 heterocycles. The molecule has 2 atom stereocenters. The molecule has 3 aromatic rings. The van der Waals surface area contributed by atoms with E-state index in [2.05, 4.69) is 5.32 Å². The Hall–Kier alpha value is -4.60. The molecule has 0 aliphatic carbocycles. The monoisotopic (exact) mass is 523 g/mol. The van der Waals surface area contributed by atoms with E-state index in [1.807, 2.05) is 6.07 Å². The van der Waals surface area contributed by atoms with Crippen LogP contribution in [0.5, 0.6) is 34.5 Å². The Balaban J connectivity index is 1.44. The molecule has 0 fully saturated rings. The van der Waals surface area contributed by atoms with E-state index >= 15 is 0 Å². The maximum Gasteiger partial charge on any atom is 0.513 e. The predicted molar refractivity (Wildman–Crippen MR) is 136 cm³/mol. The highest BCUT2D eigenvalue weighted by atomic mass is 16.7. The Bertz CT molecular complexity index is 1220. The lowest BCUT2D eigenvalue weighted by Crippen LogP contribution is -2.46. The van der Waals surface area contributed by atoms with Crippen LogP contribution in [-0.4, -0.2) is 52.1 Å². The van der Waals surface area contributed by atoms with Crippen LogP contribution in [0.1, 0.15) is 18.6 Å². The second-order valence-electron chi connectivity index (χ2n) is 8.01. The molecule has 1 N–H and O–H groups in total. The van der Waals surface area contributed by atoms with Crippen LogP contribution >= 0.6 is 0 Å². The Kier molecular flexibility index (Phi) is 8.76. The van der Waals surface area contributed by atoms with E-state index in [0.29, 0.717) is 40.1 Å². The SMILES string of the molecule is CCOC(=O)Oc1ccc([C@@H]2Oc3ccccc3O[C@@H]2C(=O)NCCOc2c(OC)cccc2OC)cc1. The van der Waals surface area contributed by atoms with Crippen LogP contribution in [0.2, 0.25) is 0 Å². The van der Waals surface area contributed by atoms with E-state index in [0.717, 1.165) is 0 Å². The van der Waals surface area contributed by atoms with Gasteiger partial charge < -0.3 is 38.5 Å². The van der Waals surface area contributed by atoms with Gasteiger partial charge in [0.15, 0.2) is 29.1 Å². The van der Waals surface area contributed by atoms with Gasteiger partial charge in [-0.2, -0.15) is 0 Å². The number of methoxy groups -OCH3 is 2. The average Bonchev–Trinajstić information content (AvgIpc) is 2.95. The number of hydrogen-bond donors (Lipinski definition) is 1. The average molecular weight is 524 g/mol. The van der Waals surface area contributed by atoms with Crippen molar-refractivity contribution in [2.24, 2.45) is 0 Å². The second-order valence-corrected chi connectivity index (χ2v) is 8.01. The molecule has 0 unspecified atom stereocenters. The minimum atomic E-state index is -0.984. The summed E-state index contributed by atoms with van der Waals surface area (Å²) in [6, 6.07) is 19.0. The van der Waals surface area contributed by atoms with Crippen LogP contribution in [0, 0.1) is 0 Å². The molecule has 1 aliphatic rings. The van der Waals surface area contributed by atoms with Crippen molar-refractivity contribution in [3.63, 3.8) is 0 Å². The van der Waals surface area contributed by atoms with E-state index in [9.17, 15) is 9.59 Å². The maximum absolute atomic E-state index is 13.2. The number of rotatable bonds is 10. The minimum Gasteiger partial charge on any atom is -0.493 e. The molecule has 10 nitrogen and oxygen atoms in total. The molecule has 1 amide bonds. The van der Waals surface area contributed by atoms with Gasteiger partial charge in [0.2, 0.25) is 11.9 Å². The van der Waals surface area contributed by atoms with E-state index in [4.69, 9.17) is 33.2 Å². The van der Waals surface area contributed by atoms with Gasteiger partial charge in [-0.1, -0.05) is 30.3 Å². The Labute approximate surface area is 220 Å². The van der Waals surface area contributed by atoms with Gasteiger partial charge in [-0.05, 0) is 48.9 Å². The summed E-state index contributed by atoms with van der Waals surface area (Å²) in [5.74, 6) is 2.38. The number of fused-ring (bicyclic) bond motifs is 1. The number of carbonyl (C=O) groups is 2. The summed E-state index contributed by atoms with van der Waals surface area (Å²) in [4.78, 5) is 24.8.